The van der Waals surface area contributed by atoms with E-state index < -0.39 is 18.4 Å². The summed E-state index contributed by atoms with van der Waals surface area (Å²) in [7, 11) is -1.34. The summed E-state index contributed by atoms with van der Waals surface area (Å²) in [6.45, 7) is 3.96. The molecular formula is C8H17BCl2O3. The van der Waals surface area contributed by atoms with Crippen molar-refractivity contribution in [2.24, 2.45) is 0 Å². The average Bonchev–Trinajstić information content (AvgIpc) is 2.03. The maximum atomic E-state index is 9.23. The molecule has 0 aromatic heterocycles. The smallest absolute Gasteiger partial charge is 0.402 e. The highest BCUT2D eigenvalue weighted by atomic mass is 35.5. The molecule has 0 bridgehead atoms. The molecular weight excluding hydrogens is 226 g/mol. The lowest BCUT2D eigenvalue weighted by Crippen LogP contribution is -2.29. The summed E-state index contributed by atoms with van der Waals surface area (Å²) >= 11 is 11.5. The van der Waals surface area contributed by atoms with E-state index in [9.17, 15) is 5.02 Å². The molecule has 0 heterocycles. The standard InChI is InChI=1S/C8H17BCl2O3/c1-3-5-7(10)13-9(12)14-8(11)6-4-2/h7-8,12H,3-6H2,1-2H3. The molecule has 0 saturated heterocycles. The second-order valence-corrected chi connectivity index (χ2v) is 3.95. The van der Waals surface area contributed by atoms with Crippen molar-refractivity contribution in [3.05, 3.63) is 0 Å². The minimum Gasteiger partial charge on any atom is -0.402 e. The van der Waals surface area contributed by atoms with Crippen LogP contribution in [-0.4, -0.2) is 23.5 Å². The lowest BCUT2D eigenvalue weighted by atomic mass is 10.2. The van der Waals surface area contributed by atoms with Crippen LogP contribution in [-0.2, 0) is 9.31 Å². The zero-order valence-electron chi connectivity index (χ0n) is 8.58. The Labute approximate surface area is 95.8 Å². The van der Waals surface area contributed by atoms with Gasteiger partial charge in [-0.2, -0.15) is 0 Å². The summed E-state index contributed by atoms with van der Waals surface area (Å²) in [6.07, 6.45) is 3.12. The Kier molecular flexibility index (Phi) is 9.13. The van der Waals surface area contributed by atoms with Gasteiger partial charge in [-0.15, -0.1) is 0 Å². The van der Waals surface area contributed by atoms with E-state index >= 15 is 0 Å². The van der Waals surface area contributed by atoms with Crippen molar-refractivity contribution in [1.82, 2.24) is 0 Å². The average molecular weight is 243 g/mol. The lowest BCUT2D eigenvalue weighted by Gasteiger charge is -2.15. The van der Waals surface area contributed by atoms with Crippen LogP contribution in [0.2, 0.25) is 0 Å². The van der Waals surface area contributed by atoms with Crippen molar-refractivity contribution in [3.8, 4) is 0 Å². The van der Waals surface area contributed by atoms with E-state index in [0.717, 1.165) is 12.8 Å². The molecule has 0 aliphatic carbocycles. The van der Waals surface area contributed by atoms with E-state index in [4.69, 9.17) is 32.5 Å². The van der Waals surface area contributed by atoms with Gasteiger partial charge in [-0.3, -0.25) is 0 Å². The van der Waals surface area contributed by atoms with Crippen LogP contribution in [0.5, 0.6) is 0 Å². The molecule has 0 fully saturated rings. The van der Waals surface area contributed by atoms with Gasteiger partial charge in [0.05, 0.1) is 0 Å². The van der Waals surface area contributed by atoms with Crippen LogP contribution in [0.1, 0.15) is 39.5 Å². The molecule has 2 unspecified atom stereocenters. The normalized spacial score (nSPS) is 15.2. The van der Waals surface area contributed by atoms with Crippen LogP contribution in [0.3, 0.4) is 0 Å². The zero-order chi connectivity index (χ0) is 11.0. The van der Waals surface area contributed by atoms with Crippen LogP contribution in [0.4, 0.5) is 0 Å². The van der Waals surface area contributed by atoms with E-state index in [2.05, 4.69) is 0 Å². The molecule has 0 rings (SSSR count). The van der Waals surface area contributed by atoms with Gasteiger partial charge in [0.2, 0.25) is 0 Å². The minimum absolute atomic E-state index is 0.527. The summed E-state index contributed by atoms with van der Waals surface area (Å²) in [5.41, 5.74) is -1.05. The molecule has 0 aromatic rings. The van der Waals surface area contributed by atoms with Crippen LogP contribution in [0.15, 0.2) is 0 Å². The predicted octanol–water partition coefficient (Wildman–Crippen LogP) is 2.73. The van der Waals surface area contributed by atoms with Gasteiger partial charge in [0.25, 0.3) is 0 Å². The van der Waals surface area contributed by atoms with Crippen LogP contribution < -0.4 is 0 Å². The summed E-state index contributed by atoms with van der Waals surface area (Å²) in [6, 6.07) is 0. The first-order valence-electron chi connectivity index (χ1n) is 4.87. The van der Waals surface area contributed by atoms with Gasteiger partial charge in [-0.1, -0.05) is 49.9 Å². The van der Waals surface area contributed by atoms with Gasteiger partial charge in [-0.05, 0) is 12.8 Å². The van der Waals surface area contributed by atoms with Gasteiger partial charge >= 0.3 is 7.32 Å². The summed E-state index contributed by atoms with van der Waals surface area (Å²) in [4.78, 5) is 0. The van der Waals surface area contributed by atoms with Crippen molar-refractivity contribution >= 4 is 30.5 Å². The van der Waals surface area contributed by atoms with E-state index in [0.29, 0.717) is 12.8 Å². The second-order valence-electron chi connectivity index (χ2n) is 2.98. The third-order valence-electron chi connectivity index (χ3n) is 1.56. The van der Waals surface area contributed by atoms with Crippen molar-refractivity contribution in [1.29, 1.82) is 0 Å². The van der Waals surface area contributed by atoms with Gasteiger partial charge < -0.3 is 14.3 Å². The third-order valence-corrected chi connectivity index (χ3v) is 2.20. The van der Waals surface area contributed by atoms with Crippen LogP contribution in [0, 0.1) is 0 Å². The zero-order valence-corrected chi connectivity index (χ0v) is 10.1. The second kappa shape index (κ2) is 8.80. The molecule has 0 saturated carbocycles. The topological polar surface area (TPSA) is 38.7 Å². The van der Waals surface area contributed by atoms with Crippen LogP contribution in [0.25, 0.3) is 0 Å². The van der Waals surface area contributed by atoms with Gasteiger partial charge in [-0.25, -0.2) is 0 Å². The third kappa shape index (κ3) is 7.89. The molecule has 6 heteroatoms. The summed E-state index contributed by atoms with van der Waals surface area (Å²) in [5.74, 6) is 0. The molecule has 14 heavy (non-hydrogen) atoms. The largest absolute Gasteiger partial charge is 0.638 e. The van der Waals surface area contributed by atoms with Crippen molar-refractivity contribution in [2.45, 2.75) is 50.7 Å². The first-order valence-corrected chi connectivity index (χ1v) is 5.74. The van der Waals surface area contributed by atoms with Crippen molar-refractivity contribution in [3.63, 3.8) is 0 Å². The molecule has 0 aromatic carbocycles. The Morgan fingerprint density at radius 2 is 1.43 bits per heavy atom. The Bertz CT molecular complexity index is 126. The summed E-state index contributed by atoms with van der Waals surface area (Å²) in [5, 5.41) is 9.23. The molecule has 0 radical (unpaired) electrons. The SMILES string of the molecule is CCCC(Cl)OB(O)OC(Cl)CCC. The molecule has 2 atom stereocenters. The first kappa shape index (κ1) is 14.5. The van der Waals surface area contributed by atoms with Crippen LogP contribution >= 0.6 is 23.2 Å². The van der Waals surface area contributed by atoms with Gasteiger partial charge in [0.15, 0.2) is 0 Å². The maximum Gasteiger partial charge on any atom is 0.638 e. The number of alkyl halides is 2. The number of hydrogen-bond donors (Lipinski definition) is 1. The predicted molar refractivity (Wildman–Crippen MR) is 59.2 cm³/mol. The Morgan fingerprint density at radius 1 is 1.07 bits per heavy atom. The monoisotopic (exact) mass is 242 g/mol. The first-order chi connectivity index (χ1) is 6.60. The molecule has 0 aliphatic rings. The Morgan fingerprint density at radius 3 is 1.71 bits per heavy atom. The molecule has 3 nitrogen and oxygen atoms in total. The highest BCUT2D eigenvalue weighted by Gasteiger charge is 2.23. The number of rotatable bonds is 8. The molecule has 0 amide bonds. The Balaban J connectivity index is 3.57. The fourth-order valence-corrected chi connectivity index (χ4v) is 1.49. The number of hydrogen-bond acceptors (Lipinski definition) is 3. The fraction of sp³-hybridized carbons (Fsp3) is 1.00. The van der Waals surface area contributed by atoms with E-state index in [1.807, 2.05) is 13.8 Å². The van der Waals surface area contributed by atoms with E-state index in [1.165, 1.54) is 0 Å². The summed E-state index contributed by atoms with van der Waals surface area (Å²) < 4.78 is 9.84. The molecule has 84 valence electrons. The number of halogens is 2. The lowest BCUT2D eigenvalue weighted by molar-refractivity contribution is 0.101. The fourth-order valence-electron chi connectivity index (χ4n) is 0.875. The Hall–Kier alpha value is 0.525. The highest BCUT2D eigenvalue weighted by Crippen LogP contribution is 2.12. The van der Waals surface area contributed by atoms with Gasteiger partial charge in [0, 0.05) is 0 Å². The molecule has 0 spiro atoms. The molecule has 0 aliphatic heterocycles. The van der Waals surface area contributed by atoms with Crippen molar-refractivity contribution in [2.75, 3.05) is 0 Å². The highest BCUT2D eigenvalue weighted by molar-refractivity contribution is 6.37. The molecule has 1 N–H and O–H groups in total. The quantitative estimate of drug-likeness (QED) is 0.526. The maximum absolute atomic E-state index is 9.23. The minimum atomic E-state index is -1.34. The van der Waals surface area contributed by atoms with E-state index in [1.54, 1.807) is 0 Å². The van der Waals surface area contributed by atoms with Crippen molar-refractivity contribution < 1.29 is 14.3 Å². The van der Waals surface area contributed by atoms with E-state index in [-0.39, 0.29) is 0 Å². The van der Waals surface area contributed by atoms with Gasteiger partial charge in [0.1, 0.15) is 11.1 Å².